The van der Waals surface area contributed by atoms with Gasteiger partial charge in [0, 0.05) is 31.7 Å². The third-order valence-corrected chi connectivity index (χ3v) is 4.56. The maximum Gasteiger partial charge on any atom is 0.146 e. The Labute approximate surface area is 127 Å². The van der Waals surface area contributed by atoms with Crippen molar-refractivity contribution in [1.29, 1.82) is 0 Å². The molecule has 1 N–H and O–H groups in total. The van der Waals surface area contributed by atoms with Crippen molar-refractivity contribution in [3.05, 3.63) is 29.6 Å². The van der Waals surface area contributed by atoms with E-state index in [9.17, 15) is 4.39 Å². The van der Waals surface area contributed by atoms with Crippen LogP contribution in [0.1, 0.15) is 31.7 Å². The molecule has 1 aliphatic carbocycles. The lowest BCUT2D eigenvalue weighted by Crippen LogP contribution is -2.39. The van der Waals surface area contributed by atoms with Gasteiger partial charge in [-0.15, -0.1) is 0 Å². The standard InChI is InChI=1S/C17H26FN3/c1-13-12-20(2)9-4-10-21(13)17-14(5-3-6-16(17)18)11-19-15-7-8-15/h3,5-6,13,15,19H,4,7-12H2,1-2H3. The fourth-order valence-corrected chi connectivity index (χ4v) is 3.27. The third-order valence-electron chi connectivity index (χ3n) is 4.56. The molecule has 0 aromatic heterocycles. The highest BCUT2D eigenvalue weighted by Crippen LogP contribution is 2.29. The number of hydrogen-bond donors (Lipinski definition) is 1. The number of benzene rings is 1. The Hall–Kier alpha value is -1.13. The van der Waals surface area contributed by atoms with E-state index in [1.165, 1.54) is 12.8 Å². The van der Waals surface area contributed by atoms with Gasteiger partial charge >= 0.3 is 0 Å². The second-order valence-corrected chi connectivity index (χ2v) is 6.56. The van der Waals surface area contributed by atoms with Crippen LogP contribution in [0.15, 0.2) is 18.2 Å². The van der Waals surface area contributed by atoms with Crippen LogP contribution in [0.2, 0.25) is 0 Å². The number of rotatable bonds is 4. The molecule has 21 heavy (non-hydrogen) atoms. The molecule has 0 amide bonds. The van der Waals surface area contributed by atoms with Crippen molar-refractivity contribution in [2.24, 2.45) is 0 Å². The average molecular weight is 291 g/mol. The van der Waals surface area contributed by atoms with Crippen LogP contribution >= 0.6 is 0 Å². The molecule has 2 aliphatic rings. The van der Waals surface area contributed by atoms with Gasteiger partial charge in [-0.05, 0) is 51.4 Å². The van der Waals surface area contributed by atoms with Crippen molar-refractivity contribution in [3.63, 3.8) is 0 Å². The normalized spacial score (nSPS) is 24.1. The fourth-order valence-electron chi connectivity index (χ4n) is 3.27. The van der Waals surface area contributed by atoms with E-state index >= 15 is 0 Å². The summed E-state index contributed by atoms with van der Waals surface area (Å²) in [5.41, 5.74) is 1.91. The van der Waals surface area contributed by atoms with Gasteiger partial charge in [-0.1, -0.05) is 12.1 Å². The predicted molar refractivity (Wildman–Crippen MR) is 85.2 cm³/mol. The van der Waals surface area contributed by atoms with Gasteiger partial charge in [-0.3, -0.25) is 0 Å². The molecule has 0 spiro atoms. The van der Waals surface area contributed by atoms with Gasteiger partial charge in [0.05, 0.1) is 5.69 Å². The zero-order valence-electron chi connectivity index (χ0n) is 13.1. The topological polar surface area (TPSA) is 18.5 Å². The molecule has 0 radical (unpaired) electrons. The predicted octanol–water partition coefficient (Wildman–Crippen LogP) is 2.61. The molecule has 0 bridgehead atoms. The van der Waals surface area contributed by atoms with Crippen LogP contribution in [-0.2, 0) is 6.54 Å². The zero-order chi connectivity index (χ0) is 14.8. The summed E-state index contributed by atoms with van der Waals surface area (Å²) >= 11 is 0. The van der Waals surface area contributed by atoms with E-state index < -0.39 is 0 Å². The maximum atomic E-state index is 14.5. The van der Waals surface area contributed by atoms with E-state index in [0.29, 0.717) is 12.1 Å². The van der Waals surface area contributed by atoms with E-state index in [4.69, 9.17) is 0 Å². The molecule has 1 saturated carbocycles. The highest BCUT2D eigenvalue weighted by atomic mass is 19.1. The summed E-state index contributed by atoms with van der Waals surface area (Å²) < 4.78 is 14.5. The summed E-state index contributed by atoms with van der Waals surface area (Å²) in [6.07, 6.45) is 3.61. The monoisotopic (exact) mass is 291 g/mol. The Morgan fingerprint density at radius 2 is 2.10 bits per heavy atom. The smallest absolute Gasteiger partial charge is 0.146 e. The molecular formula is C17H26FN3. The van der Waals surface area contributed by atoms with Crippen molar-refractivity contribution in [2.45, 2.75) is 44.8 Å². The minimum Gasteiger partial charge on any atom is -0.365 e. The Bertz CT molecular complexity index is 487. The van der Waals surface area contributed by atoms with Crippen LogP contribution in [0.5, 0.6) is 0 Å². The van der Waals surface area contributed by atoms with Gasteiger partial charge < -0.3 is 15.1 Å². The number of anilines is 1. The average Bonchev–Trinajstić information content (AvgIpc) is 3.26. The third kappa shape index (κ3) is 3.55. The van der Waals surface area contributed by atoms with Crippen LogP contribution in [-0.4, -0.2) is 43.7 Å². The first-order chi connectivity index (χ1) is 10.1. The lowest BCUT2D eigenvalue weighted by atomic mass is 10.1. The zero-order valence-corrected chi connectivity index (χ0v) is 13.1. The summed E-state index contributed by atoms with van der Waals surface area (Å²) in [6.45, 7) is 5.99. The highest BCUT2D eigenvalue weighted by Gasteiger charge is 2.25. The molecule has 1 aliphatic heterocycles. The van der Waals surface area contributed by atoms with Crippen LogP contribution in [0.4, 0.5) is 10.1 Å². The van der Waals surface area contributed by atoms with Crippen molar-refractivity contribution in [3.8, 4) is 0 Å². The van der Waals surface area contributed by atoms with Gasteiger partial charge in [0.15, 0.2) is 0 Å². The van der Waals surface area contributed by atoms with E-state index in [1.54, 1.807) is 6.07 Å². The molecule has 1 aromatic carbocycles. The van der Waals surface area contributed by atoms with Gasteiger partial charge in [-0.25, -0.2) is 4.39 Å². The summed E-state index contributed by atoms with van der Waals surface area (Å²) in [7, 11) is 2.15. The van der Waals surface area contributed by atoms with E-state index in [2.05, 4.69) is 35.2 Å². The quantitative estimate of drug-likeness (QED) is 0.920. The van der Waals surface area contributed by atoms with Crippen molar-refractivity contribution in [2.75, 3.05) is 31.6 Å². The summed E-state index contributed by atoms with van der Waals surface area (Å²) in [4.78, 5) is 4.61. The summed E-state index contributed by atoms with van der Waals surface area (Å²) in [5.74, 6) is -0.0819. The number of para-hydroxylation sites is 1. The maximum absolute atomic E-state index is 14.5. The van der Waals surface area contributed by atoms with Gasteiger partial charge in [-0.2, -0.15) is 0 Å². The number of hydrogen-bond acceptors (Lipinski definition) is 3. The van der Waals surface area contributed by atoms with Gasteiger partial charge in [0.1, 0.15) is 5.82 Å². The molecule has 1 unspecified atom stereocenters. The van der Waals surface area contributed by atoms with E-state index in [1.807, 2.05) is 6.07 Å². The fraction of sp³-hybridized carbons (Fsp3) is 0.647. The second kappa shape index (κ2) is 6.32. The Balaban J connectivity index is 1.84. The van der Waals surface area contributed by atoms with Crippen LogP contribution in [0, 0.1) is 5.82 Å². The SMILES string of the molecule is CC1CN(C)CCCN1c1c(F)cccc1CNC1CC1. The number of nitrogens with one attached hydrogen (secondary N) is 1. The minimum atomic E-state index is -0.0819. The number of nitrogens with zero attached hydrogens (tertiary/aromatic N) is 2. The number of likely N-dealkylation sites (N-methyl/N-ethyl adjacent to an activating group) is 1. The Morgan fingerprint density at radius 3 is 2.86 bits per heavy atom. The largest absolute Gasteiger partial charge is 0.365 e. The lowest BCUT2D eigenvalue weighted by molar-refractivity contribution is 0.337. The van der Waals surface area contributed by atoms with Crippen molar-refractivity contribution >= 4 is 5.69 Å². The highest BCUT2D eigenvalue weighted by molar-refractivity contribution is 5.56. The molecule has 2 fully saturated rings. The molecule has 1 aromatic rings. The Morgan fingerprint density at radius 1 is 1.29 bits per heavy atom. The second-order valence-electron chi connectivity index (χ2n) is 6.56. The van der Waals surface area contributed by atoms with Crippen molar-refractivity contribution in [1.82, 2.24) is 10.2 Å². The number of halogens is 1. The first-order valence-corrected chi connectivity index (χ1v) is 8.11. The molecule has 1 atom stereocenters. The minimum absolute atomic E-state index is 0.0819. The van der Waals surface area contributed by atoms with Crippen LogP contribution in [0.25, 0.3) is 0 Å². The Kier molecular flexibility index (Phi) is 4.45. The van der Waals surface area contributed by atoms with E-state index in [-0.39, 0.29) is 5.82 Å². The molecule has 3 rings (SSSR count). The molecule has 3 nitrogen and oxygen atoms in total. The van der Waals surface area contributed by atoms with Crippen molar-refractivity contribution < 1.29 is 4.39 Å². The van der Waals surface area contributed by atoms with Gasteiger partial charge in [0.25, 0.3) is 0 Å². The summed E-state index contributed by atoms with van der Waals surface area (Å²) in [6, 6.07) is 6.48. The first-order valence-electron chi connectivity index (χ1n) is 8.11. The van der Waals surface area contributed by atoms with Crippen LogP contribution < -0.4 is 10.2 Å². The van der Waals surface area contributed by atoms with E-state index in [0.717, 1.165) is 43.9 Å². The first kappa shape index (κ1) is 14.8. The van der Waals surface area contributed by atoms with Gasteiger partial charge in [0.2, 0.25) is 0 Å². The lowest BCUT2D eigenvalue weighted by Gasteiger charge is -2.32. The summed E-state index contributed by atoms with van der Waals surface area (Å²) in [5, 5.41) is 3.52. The van der Waals surface area contributed by atoms with Crippen LogP contribution in [0.3, 0.4) is 0 Å². The molecule has 1 saturated heterocycles. The molecule has 4 heteroatoms. The molecule has 1 heterocycles. The molecular weight excluding hydrogens is 265 g/mol. The molecule has 116 valence electrons.